The number of halogens is 1. The molecule has 1 aliphatic rings. The number of nitrogens with zero attached hydrogens (tertiary/aromatic N) is 3. The maximum absolute atomic E-state index is 14.0. The maximum Gasteiger partial charge on any atom is 0.229 e. The van der Waals surface area contributed by atoms with E-state index >= 15 is 0 Å². The van der Waals surface area contributed by atoms with Crippen LogP contribution in [0.4, 0.5) is 4.39 Å². The number of carbonyl (C=O) groups excluding carboxylic acids is 1. The van der Waals surface area contributed by atoms with Gasteiger partial charge in [-0.2, -0.15) is 5.10 Å². The van der Waals surface area contributed by atoms with Gasteiger partial charge in [-0.15, -0.1) is 0 Å². The topological polar surface area (TPSA) is 146 Å². The van der Waals surface area contributed by atoms with Crippen LogP contribution >= 0.6 is 0 Å². The van der Waals surface area contributed by atoms with E-state index in [9.17, 15) is 14.3 Å². The lowest BCUT2D eigenvalue weighted by atomic mass is 9.95. The third kappa shape index (κ3) is 5.38. The SMILES string of the molecule is CC(C)(C)C(=O)N/C(C=C1CC1)=C/C(=C\N)c1ccc2[nH]nc(-c3nc4c(-c5cc(O)cc(F)c5)nccc4[nH]3)c2c1. The molecule has 2 aromatic carbocycles. The van der Waals surface area contributed by atoms with Gasteiger partial charge in [0.1, 0.15) is 22.8 Å². The fourth-order valence-electron chi connectivity index (χ4n) is 4.61. The molecule has 9 nitrogen and oxygen atoms in total. The molecule has 0 radical (unpaired) electrons. The van der Waals surface area contributed by atoms with Gasteiger partial charge in [-0.3, -0.25) is 14.9 Å². The molecule has 1 saturated carbocycles. The van der Waals surface area contributed by atoms with E-state index < -0.39 is 11.2 Å². The fourth-order valence-corrected chi connectivity index (χ4v) is 4.61. The molecule has 6 rings (SSSR count). The van der Waals surface area contributed by atoms with Crippen LogP contribution in [0.3, 0.4) is 0 Å². The molecule has 0 spiro atoms. The van der Waals surface area contributed by atoms with Gasteiger partial charge in [0.05, 0.1) is 16.7 Å². The van der Waals surface area contributed by atoms with Gasteiger partial charge in [-0.1, -0.05) is 32.4 Å². The Morgan fingerprint density at radius 2 is 1.90 bits per heavy atom. The summed E-state index contributed by atoms with van der Waals surface area (Å²) in [6, 6.07) is 11.4. The first-order valence-electron chi connectivity index (χ1n) is 13.6. The van der Waals surface area contributed by atoms with Crippen LogP contribution < -0.4 is 11.1 Å². The van der Waals surface area contributed by atoms with E-state index in [1.54, 1.807) is 12.3 Å². The number of rotatable bonds is 6. The number of imidazole rings is 1. The number of carbonyl (C=O) groups is 1. The van der Waals surface area contributed by atoms with E-state index in [1.807, 2.05) is 51.1 Å². The molecule has 1 aliphatic carbocycles. The number of nitrogens with two attached hydrogens (primary N) is 1. The lowest BCUT2D eigenvalue weighted by Gasteiger charge is -2.18. The van der Waals surface area contributed by atoms with Crippen molar-refractivity contribution in [1.29, 1.82) is 0 Å². The molecule has 1 amide bonds. The first kappa shape index (κ1) is 26.9. The van der Waals surface area contributed by atoms with Gasteiger partial charge in [0.15, 0.2) is 5.82 Å². The number of phenols is 1. The van der Waals surface area contributed by atoms with E-state index in [0.29, 0.717) is 39.5 Å². The highest BCUT2D eigenvalue weighted by Crippen LogP contribution is 2.34. The Bertz CT molecular complexity index is 1930. The molecular formula is C32H30FN7O2. The minimum absolute atomic E-state index is 0.0811. The second-order valence-electron chi connectivity index (χ2n) is 11.4. The number of aromatic hydroxyl groups is 1. The highest BCUT2D eigenvalue weighted by molar-refractivity contribution is 5.97. The zero-order valence-corrected chi connectivity index (χ0v) is 23.4. The molecule has 0 bridgehead atoms. The zero-order chi connectivity index (χ0) is 29.6. The Kier molecular flexibility index (Phi) is 6.61. The molecule has 6 N–H and O–H groups in total. The molecule has 0 saturated heterocycles. The summed E-state index contributed by atoms with van der Waals surface area (Å²) in [6.45, 7) is 5.62. The highest BCUT2D eigenvalue weighted by atomic mass is 19.1. The number of amides is 1. The van der Waals surface area contributed by atoms with Gasteiger partial charge < -0.3 is 21.1 Å². The van der Waals surface area contributed by atoms with Crippen LogP contribution in [0.25, 0.3) is 50.3 Å². The molecule has 0 unspecified atom stereocenters. The Balaban J connectivity index is 1.40. The van der Waals surface area contributed by atoms with Crippen LogP contribution in [0.15, 0.2) is 78.3 Å². The molecule has 1 fully saturated rings. The predicted octanol–water partition coefficient (Wildman–Crippen LogP) is 6.08. The Morgan fingerprint density at radius 1 is 1.10 bits per heavy atom. The highest BCUT2D eigenvalue weighted by Gasteiger charge is 2.23. The number of aromatic nitrogens is 5. The van der Waals surface area contributed by atoms with Gasteiger partial charge in [0.25, 0.3) is 0 Å². The molecule has 3 aromatic heterocycles. The van der Waals surface area contributed by atoms with Crippen LogP contribution in [0, 0.1) is 11.2 Å². The van der Waals surface area contributed by atoms with Crippen molar-refractivity contribution in [2.75, 3.05) is 0 Å². The van der Waals surface area contributed by atoms with Crippen molar-refractivity contribution in [3.63, 3.8) is 0 Å². The van der Waals surface area contributed by atoms with Crippen molar-refractivity contribution in [3.05, 3.63) is 89.7 Å². The standard InChI is InChI=1S/C32H30FN7O2/c1-32(2,3)31(42)36-22(10-17-4-5-17)12-20(16-34)18-6-7-25-24(14-18)28(40-39-25)30-37-26-8-9-35-27(29(26)38-30)19-11-21(33)15-23(41)13-19/h6-16,41H,4-5,34H2,1-3H3,(H,36,42)(H,37,38)(H,39,40)/b20-16+,22-12+. The average Bonchev–Trinajstić information content (AvgIpc) is 3.48. The Hall–Kier alpha value is -5.25. The van der Waals surface area contributed by atoms with Gasteiger partial charge >= 0.3 is 0 Å². The van der Waals surface area contributed by atoms with Gasteiger partial charge in [0.2, 0.25) is 5.91 Å². The molecule has 10 heteroatoms. The van der Waals surface area contributed by atoms with E-state index in [2.05, 4.69) is 25.5 Å². The number of fused-ring (bicyclic) bond motifs is 2. The number of pyridine rings is 1. The third-order valence-electron chi connectivity index (χ3n) is 7.01. The lowest BCUT2D eigenvalue weighted by molar-refractivity contribution is -0.127. The summed E-state index contributed by atoms with van der Waals surface area (Å²) in [6.07, 6.45) is 9.04. The minimum Gasteiger partial charge on any atom is -0.508 e. The monoisotopic (exact) mass is 563 g/mol. The summed E-state index contributed by atoms with van der Waals surface area (Å²) in [4.78, 5) is 25.2. The Morgan fingerprint density at radius 3 is 2.62 bits per heavy atom. The van der Waals surface area contributed by atoms with Crippen LogP contribution in [-0.4, -0.2) is 36.2 Å². The Labute approximate surface area is 241 Å². The summed E-state index contributed by atoms with van der Waals surface area (Å²) in [7, 11) is 0. The van der Waals surface area contributed by atoms with Crippen LogP contribution in [-0.2, 0) is 4.79 Å². The van der Waals surface area contributed by atoms with Crippen molar-refractivity contribution in [1.82, 2.24) is 30.5 Å². The summed E-state index contributed by atoms with van der Waals surface area (Å²) in [5, 5.41) is 21.3. The van der Waals surface area contributed by atoms with Crippen LogP contribution in [0.2, 0.25) is 0 Å². The molecule has 0 aliphatic heterocycles. The number of nitrogens with one attached hydrogen (secondary N) is 3. The summed E-state index contributed by atoms with van der Waals surface area (Å²) >= 11 is 0. The lowest BCUT2D eigenvalue weighted by Crippen LogP contribution is -2.33. The summed E-state index contributed by atoms with van der Waals surface area (Å²) in [5.74, 6) is -0.355. The number of phenolic OH excluding ortho intramolecular Hbond substituents is 1. The molecule has 3 heterocycles. The van der Waals surface area contributed by atoms with Crippen molar-refractivity contribution >= 4 is 33.4 Å². The summed E-state index contributed by atoms with van der Waals surface area (Å²) in [5.41, 5.74) is 12.5. The molecule has 0 atom stereocenters. The number of hydrogen-bond acceptors (Lipinski definition) is 6. The van der Waals surface area contributed by atoms with Gasteiger partial charge in [0, 0.05) is 40.5 Å². The molecular weight excluding hydrogens is 533 g/mol. The van der Waals surface area contributed by atoms with E-state index in [-0.39, 0.29) is 11.7 Å². The second-order valence-corrected chi connectivity index (χ2v) is 11.4. The number of H-pyrrole nitrogens is 2. The zero-order valence-electron chi connectivity index (χ0n) is 23.4. The number of aromatic amines is 2. The minimum atomic E-state index is -0.572. The van der Waals surface area contributed by atoms with Crippen LogP contribution in [0.1, 0.15) is 39.2 Å². The van der Waals surface area contributed by atoms with Crippen molar-refractivity contribution in [2.24, 2.45) is 11.1 Å². The summed E-state index contributed by atoms with van der Waals surface area (Å²) < 4.78 is 14.0. The average molecular weight is 564 g/mol. The van der Waals surface area contributed by atoms with Crippen molar-refractivity contribution in [2.45, 2.75) is 33.6 Å². The van der Waals surface area contributed by atoms with E-state index in [1.165, 1.54) is 23.9 Å². The molecule has 212 valence electrons. The first-order valence-corrected chi connectivity index (χ1v) is 13.6. The maximum atomic E-state index is 14.0. The van der Waals surface area contributed by atoms with E-state index in [0.717, 1.165) is 40.9 Å². The third-order valence-corrected chi connectivity index (χ3v) is 7.01. The largest absolute Gasteiger partial charge is 0.508 e. The second kappa shape index (κ2) is 10.3. The molecule has 42 heavy (non-hydrogen) atoms. The van der Waals surface area contributed by atoms with E-state index in [4.69, 9.17) is 10.7 Å². The van der Waals surface area contributed by atoms with Gasteiger partial charge in [-0.05, 0) is 66.5 Å². The molecule has 5 aromatic rings. The van der Waals surface area contributed by atoms with Crippen molar-refractivity contribution < 1.29 is 14.3 Å². The fraction of sp³-hybridized carbons (Fsp3) is 0.188. The number of benzene rings is 2. The normalized spacial score (nSPS) is 14.0. The quantitative estimate of drug-likeness (QED) is 0.158. The van der Waals surface area contributed by atoms with Gasteiger partial charge in [-0.25, -0.2) is 9.37 Å². The number of hydrogen-bond donors (Lipinski definition) is 5. The predicted molar refractivity (Wildman–Crippen MR) is 161 cm³/mol. The van der Waals surface area contributed by atoms with Crippen LogP contribution in [0.5, 0.6) is 5.75 Å². The smallest absolute Gasteiger partial charge is 0.229 e. The number of allylic oxidation sites excluding steroid dienone is 4. The first-order chi connectivity index (χ1) is 20.1. The van der Waals surface area contributed by atoms with Crippen molar-refractivity contribution in [3.8, 4) is 28.5 Å².